The Bertz CT molecular complexity index is 2800. The maximum atomic E-state index is 2.74. The van der Waals surface area contributed by atoms with Crippen molar-refractivity contribution in [3.8, 4) is 0 Å². The minimum atomic E-state index is 0.0902. The van der Waals surface area contributed by atoms with Crippen LogP contribution in [0.15, 0.2) is 46.2 Å². The zero-order valence-electron chi connectivity index (χ0n) is 43.0. The maximum Gasteiger partial charge on any atom is 0.0438 e. The van der Waals surface area contributed by atoms with Crippen molar-refractivity contribution in [3.63, 3.8) is 0 Å². The first-order chi connectivity index (χ1) is 30.4. The predicted octanol–water partition coefficient (Wildman–Crippen LogP) is 23.0. The Morgan fingerprint density at radius 3 is 1.39 bits per heavy atom. The van der Waals surface area contributed by atoms with E-state index in [2.05, 4.69) is 200 Å². The molecule has 64 heavy (non-hydrogen) atoms. The average molecular weight is 970 g/mol. The van der Waals surface area contributed by atoms with Crippen LogP contribution in [0.3, 0.4) is 0 Å². The molecule has 6 heteroatoms. The summed E-state index contributed by atoms with van der Waals surface area (Å²) in [5.74, 6) is 1.53. The Balaban J connectivity index is 0.000000470. The van der Waals surface area contributed by atoms with Crippen molar-refractivity contribution in [1.82, 2.24) is 0 Å². The first kappa shape index (κ1) is 51.6. The van der Waals surface area contributed by atoms with Crippen LogP contribution >= 0.6 is 68.9 Å². The normalized spacial score (nSPS) is 19.1. The highest BCUT2D eigenvalue weighted by atomic mass is 32.2. The molecule has 10 rings (SSSR count). The molecule has 0 N–H and O–H groups in total. The molecule has 348 valence electrons. The fourth-order valence-electron chi connectivity index (χ4n) is 9.19. The van der Waals surface area contributed by atoms with Gasteiger partial charge in [0.15, 0.2) is 0 Å². The first-order valence-electron chi connectivity index (χ1n) is 24.9. The number of rotatable bonds is 4. The van der Waals surface area contributed by atoms with Gasteiger partial charge in [-0.05, 0) is 82.2 Å². The summed E-state index contributed by atoms with van der Waals surface area (Å²) >= 11 is 12.7. The lowest BCUT2D eigenvalue weighted by molar-refractivity contribution is 0.437. The standard InChI is InChI=1S/C45H46S6.2C4H10.C3H8.C2H6/c1-12-22-15-25-27-17-30(44(6,7)8)50-42(27)36-34(40(25)48-22)32-33(39-24(14-21(5)47-39)23-13-20(4)46-38(23)32)35-37(36)43-28(18-31(51-43)45(9,10)11)26-16-29(19(2)3)49-41(26)35;2*1-3-4-2;1-3-2;1-2/h13-19,25,27,40,42H,12H2,1-11H3;2*3-4H2,1-2H3;3H2,1-2H3;1-2H3. The van der Waals surface area contributed by atoms with Gasteiger partial charge in [0.1, 0.15) is 0 Å². The average Bonchev–Trinajstić information content (AvgIpc) is 4.10. The molecule has 0 bridgehead atoms. The van der Waals surface area contributed by atoms with Crippen LogP contribution in [0.1, 0.15) is 203 Å². The lowest BCUT2D eigenvalue weighted by atomic mass is 9.71. The fraction of sp³-hybridized carbons (Fsp3) is 0.552. The van der Waals surface area contributed by atoms with Gasteiger partial charge in [0.25, 0.3) is 0 Å². The van der Waals surface area contributed by atoms with E-state index in [0.717, 1.165) is 6.42 Å². The Kier molecular flexibility index (Phi) is 16.8. The van der Waals surface area contributed by atoms with Crippen LogP contribution in [0.5, 0.6) is 0 Å². The maximum absolute atomic E-state index is 2.74. The molecule has 3 aliphatic rings. The van der Waals surface area contributed by atoms with Crippen LogP contribution in [0.4, 0.5) is 0 Å². The largest absolute Gasteiger partial charge is 0.140 e. The van der Waals surface area contributed by atoms with Gasteiger partial charge in [0.05, 0.1) is 0 Å². The molecular weight excluding hydrogens is 889 g/mol. The molecule has 2 aliphatic heterocycles. The summed E-state index contributed by atoms with van der Waals surface area (Å²) < 4.78 is 6.08. The third kappa shape index (κ3) is 9.35. The van der Waals surface area contributed by atoms with Crippen molar-refractivity contribution in [2.75, 3.05) is 0 Å². The molecule has 1 aliphatic carbocycles. The van der Waals surface area contributed by atoms with Gasteiger partial charge in [-0.25, -0.2) is 0 Å². The van der Waals surface area contributed by atoms with E-state index < -0.39 is 0 Å². The Morgan fingerprint density at radius 2 is 0.938 bits per heavy atom. The van der Waals surface area contributed by atoms with E-state index >= 15 is 0 Å². The summed E-state index contributed by atoms with van der Waals surface area (Å²) in [5, 5.41) is 13.0. The quantitative estimate of drug-likeness (QED) is 0.161. The van der Waals surface area contributed by atoms with Crippen molar-refractivity contribution in [2.45, 2.75) is 192 Å². The highest BCUT2D eigenvalue weighted by Crippen LogP contribution is 2.70. The number of allylic oxidation sites excluding steroid dienone is 4. The fourth-order valence-corrected chi connectivity index (χ4v) is 17.0. The van der Waals surface area contributed by atoms with Crippen LogP contribution < -0.4 is 0 Å². The van der Waals surface area contributed by atoms with E-state index in [1.165, 1.54) is 92.0 Å². The highest BCUT2D eigenvalue weighted by molar-refractivity contribution is 8.04. The number of unbranched alkanes of at least 4 members (excludes halogenated alkanes) is 2. The molecule has 0 amide bonds. The minimum absolute atomic E-state index is 0.0902. The molecule has 7 aromatic rings. The Labute approximate surface area is 413 Å². The molecule has 6 heterocycles. The van der Waals surface area contributed by atoms with Gasteiger partial charge >= 0.3 is 0 Å². The summed E-state index contributed by atoms with van der Waals surface area (Å²) in [5.41, 5.74) is 3.58. The Hall–Kier alpha value is -1.80. The molecule has 0 nitrogen and oxygen atoms in total. The monoisotopic (exact) mass is 968 g/mol. The number of thioether (sulfide) groups is 2. The van der Waals surface area contributed by atoms with Gasteiger partial charge in [-0.15, -0.1) is 68.9 Å². The van der Waals surface area contributed by atoms with E-state index in [1.807, 2.05) is 36.5 Å². The lowest BCUT2D eigenvalue weighted by Crippen LogP contribution is -2.25. The van der Waals surface area contributed by atoms with Crippen molar-refractivity contribution in [2.24, 2.45) is 17.3 Å². The van der Waals surface area contributed by atoms with E-state index in [9.17, 15) is 0 Å². The molecule has 0 saturated heterocycles. The second-order valence-corrected chi connectivity index (χ2v) is 27.5. The van der Waals surface area contributed by atoms with Crippen molar-refractivity contribution in [3.05, 3.63) is 76.9 Å². The second kappa shape index (κ2) is 20.8. The van der Waals surface area contributed by atoms with Gasteiger partial charge in [0.2, 0.25) is 0 Å². The van der Waals surface area contributed by atoms with Gasteiger partial charge in [-0.1, -0.05) is 162 Å². The molecular formula is C58H80S6. The summed E-state index contributed by atoms with van der Waals surface area (Å²) in [6, 6.07) is 10.2. The van der Waals surface area contributed by atoms with Crippen LogP contribution in [0, 0.1) is 31.1 Å². The molecule has 4 atom stereocenters. The number of hydrogen-bond donors (Lipinski definition) is 0. The Morgan fingerprint density at radius 1 is 0.516 bits per heavy atom. The molecule has 4 unspecified atom stereocenters. The zero-order valence-corrected chi connectivity index (χ0v) is 47.9. The smallest absolute Gasteiger partial charge is 0.0438 e. The van der Waals surface area contributed by atoms with Crippen molar-refractivity contribution >= 4 is 131 Å². The van der Waals surface area contributed by atoms with Crippen LogP contribution in [0.25, 0.3) is 61.9 Å². The third-order valence-electron chi connectivity index (χ3n) is 12.6. The molecule has 4 aromatic heterocycles. The lowest BCUT2D eigenvalue weighted by Gasteiger charge is -2.39. The summed E-state index contributed by atoms with van der Waals surface area (Å²) in [6.45, 7) is 43.3. The van der Waals surface area contributed by atoms with Gasteiger partial charge in [-0.3, -0.25) is 0 Å². The predicted molar refractivity (Wildman–Crippen MR) is 307 cm³/mol. The molecule has 0 radical (unpaired) electrons. The molecule has 0 fully saturated rings. The van der Waals surface area contributed by atoms with Gasteiger partial charge in [-0.2, -0.15) is 0 Å². The summed E-state index contributed by atoms with van der Waals surface area (Å²) in [6.07, 6.45) is 13.1. The number of benzene rings is 3. The van der Waals surface area contributed by atoms with E-state index in [-0.39, 0.29) is 10.8 Å². The topological polar surface area (TPSA) is 0 Å². The van der Waals surface area contributed by atoms with Gasteiger partial charge < -0.3 is 0 Å². The van der Waals surface area contributed by atoms with E-state index in [1.54, 1.807) is 42.5 Å². The molecule has 3 aromatic carbocycles. The number of fused-ring (bicyclic) bond motifs is 21. The van der Waals surface area contributed by atoms with Crippen LogP contribution in [0.2, 0.25) is 0 Å². The highest BCUT2D eigenvalue weighted by Gasteiger charge is 2.50. The molecule has 0 spiro atoms. The van der Waals surface area contributed by atoms with Gasteiger partial charge in [0, 0.05) is 104 Å². The first-order valence-corrected chi connectivity index (χ1v) is 29.9. The SMILES string of the molecule is CC.CCC.CCC1=CC2C(S1)c1c(c3c4sc(C(C)(C)C)cc4c4cc(C(C)C)sc4c3c3c4sc(C)cc4c4cc(C)sc4c13)C1SC(C(C)(C)C)=CC12.CCCC.CCCC. The summed E-state index contributed by atoms with van der Waals surface area (Å²) in [4.78, 5) is 9.02. The minimum Gasteiger partial charge on any atom is -0.140 e. The van der Waals surface area contributed by atoms with Crippen LogP contribution in [-0.4, -0.2) is 0 Å². The number of aryl methyl sites for hydroxylation is 2. The summed E-state index contributed by atoms with van der Waals surface area (Å²) in [7, 11) is 0. The second-order valence-electron chi connectivity index (χ2n) is 20.4. The zero-order chi connectivity index (χ0) is 47.2. The number of hydrogen-bond acceptors (Lipinski definition) is 6. The van der Waals surface area contributed by atoms with E-state index in [4.69, 9.17) is 0 Å². The van der Waals surface area contributed by atoms with E-state index in [0.29, 0.717) is 28.3 Å². The van der Waals surface area contributed by atoms with Crippen molar-refractivity contribution in [1.29, 1.82) is 0 Å². The van der Waals surface area contributed by atoms with Crippen LogP contribution in [-0.2, 0) is 5.41 Å². The molecule has 0 saturated carbocycles. The number of thiophene rings is 4. The van der Waals surface area contributed by atoms with Crippen molar-refractivity contribution < 1.29 is 0 Å². The third-order valence-corrected chi connectivity index (χ3v) is 21.1.